The zero-order chi connectivity index (χ0) is 13.1. The minimum Gasteiger partial charge on any atom is -0.460 e. The molecule has 1 aliphatic carbocycles. The van der Waals surface area contributed by atoms with Crippen LogP contribution in [0.2, 0.25) is 5.28 Å². The van der Waals surface area contributed by atoms with E-state index in [9.17, 15) is 0 Å². The van der Waals surface area contributed by atoms with Gasteiger partial charge in [0.2, 0.25) is 11.2 Å². The van der Waals surface area contributed by atoms with E-state index in [-0.39, 0.29) is 11.4 Å². The Labute approximate surface area is 113 Å². The highest BCUT2D eigenvalue weighted by Gasteiger charge is 2.21. The topological polar surface area (TPSA) is 51.1 Å². The SMILES string of the molecule is CC1CCC(Oc2nc(Cl)nc(N(C)C)n2)CC1. The standard InChI is InChI=1S/C12H19ClN4O/c1-8-4-6-9(7-5-8)18-12-15-10(13)14-11(16-12)17(2)3/h8-9H,4-7H2,1-3H3. The first-order valence-corrected chi connectivity index (χ1v) is 6.68. The van der Waals surface area contributed by atoms with Gasteiger partial charge in [-0.25, -0.2) is 0 Å². The highest BCUT2D eigenvalue weighted by atomic mass is 35.5. The molecule has 2 rings (SSSR count). The van der Waals surface area contributed by atoms with Crippen LogP contribution in [0.3, 0.4) is 0 Å². The van der Waals surface area contributed by atoms with E-state index >= 15 is 0 Å². The van der Waals surface area contributed by atoms with E-state index < -0.39 is 0 Å². The molecule has 100 valence electrons. The van der Waals surface area contributed by atoms with E-state index in [1.807, 2.05) is 14.1 Å². The van der Waals surface area contributed by atoms with Crippen molar-refractivity contribution in [3.63, 3.8) is 0 Å². The van der Waals surface area contributed by atoms with Crippen LogP contribution in [0.15, 0.2) is 0 Å². The van der Waals surface area contributed by atoms with Gasteiger partial charge in [-0.3, -0.25) is 0 Å². The van der Waals surface area contributed by atoms with E-state index in [1.165, 1.54) is 12.8 Å². The molecule has 0 unspecified atom stereocenters. The molecule has 1 aromatic heterocycles. The number of halogens is 1. The van der Waals surface area contributed by atoms with Gasteiger partial charge in [0, 0.05) is 14.1 Å². The fourth-order valence-corrected chi connectivity index (χ4v) is 2.22. The van der Waals surface area contributed by atoms with Crippen LogP contribution in [0.25, 0.3) is 0 Å². The number of hydrogen-bond acceptors (Lipinski definition) is 5. The number of aromatic nitrogens is 3. The molecule has 0 N–H and O–H groups in total. The summed E-state index contributed by atoms with van der Waals surface area (Å²) in [5.74, 6) is 1.32. The van der Waals surface area contributed by atoms with Gasteiger partial charge in [0.25, 0.3) is 0 Å². The van der Waals surface area contributed by atoms with Gasteiger partial charge >= 0.3 is 6.01 Å². The lowest BCUT2D eigenvalue weighted by Crippen LogP contribution is -2.24. The lowest BCUT2D eigenvalue weighted by Gasteiger charge is -2.26. The molecule has 1 saturated carbocycles. The van der Waals surface area contributed by atoms with Crippen LogP contribution in [0, 0.1) is 5.92 Å². The molecule has 0 radical (unpaired) electrons. The first-order valence-electron chi connectivity index (χ1n) is 6.30. The van der Waals surface area contributed by atoms with Crippen LogP contribution in [-0.4, -0.2) is 35.2 Å². The fraction of sp³-hybridized carbons (Fsp3) is 0.750. The zero-order valence-corrected chi connectivity index (χ0v) is 11.8. The largest absolute Gasteiger partial charge is 0.460 e. The van der Waals surface area contributed by atoms with Crippen LogP contribution in [0.1, 0.15) is 32.6 Å². The maximum Gasteiger partial charge on any atom is 0.322 e. The molecule has 18 heavy (non-hydrogen) atoms. The molecule has 0 amide bonds. The summed E-state index contributed by atoms with van der Waals surface area (Å²) in [5, 5.41) is 0.174. The Hall–Kier alpha value is -1.10. The van der Waals surface area contributed by atoms with Gasteiger partial charge in [-0.1, -0.05) is 6.92 Å². The minimum absolute atomic E-state index is 0.174. The second-order valence-corrected chi connectivity index (χ2v) is 5.42. The van der Waals surface area contributed by atoms with Crippen LogP contribution in [0.4, 0.5) is 5.95 Å². The van der Waals surface area contributed by atoms with Gasteiger partial charge in [0.15, 0.2) is 0 Å². The van der Waals surface area contributed by atoms with Crippen LogP contribution in [-0.2, 0) is 0 Å². The number of hydrogen-bond donors (Lipinski definition) is 0. The molecule has 0 saturated heterocycles. The van der Waals surface area contributed by atoms with E-state index in [4.69, 9.17) is 16.3 Å². The van der Waals surface area contributed by atoms with Crippen molar-refractivity contribution in [1.82, 2.24) is 15.0 Å². The molecule has 6 heteroatoms. The summed E-state index contributed by atoms with van der Waals surface area (Å²) in [6.45, 7) is 2.28. The molecular weight excluding hydrogens is 252 g/mol. The van der Waals surface area contributed by atoms with E-state index in [0.29, 0.717) is 12.0 Å². The molecule has 0 atom stereocenters. The maximum atomic E-state index is 5.87. The second kappa shape index (κ2) is 5.69. The van der Waals surface area contributed by atoms with Gasteiger partial charge in [0.1, 0.15) is 6.10 Å². The second-order valence-electron chi connectivity index (χ2n) is 5.08. The molecule has 1 aromatic rings. The predicted molar refractivity (Wildman–Crippen MR) is 71.2 cm³/mol. The highest BCUT2D eigenvalue weighted by Crippen LogP contribution is 2.26. The van der Waals surface area contributed by atoms with Crippen molar-refractivity contribution in [2.75, 3.05) is 19.0 Å². The molecule has 0 aliphatic heterocycles. The number of ether oxygens (including phenoxy) is 1. The Morgan fingerprint density at radius 3 is 2.39 bits per heavy atom. The van der Waals surface area contributed by atoms with Gasteiger partial charge in [-0.2, -0.15) is 15.0 Å². The summed E-state index contributed by atoms with van der Waals surface area (Å²) in [6.07, 6.45) is 4.71. The van der Waals surface area contributed by atoms with Gasteiger partial charge < -0.3 is 9.64 Å². The minimum atomic E-state index is 0.174. The van der Waals surface area contributed by atoms with Crippen molar-refractivity contribution in [3.05, 3.63) is 5.28 Å². The van der Waals surface area contributed by atoms with Crippen LogP contribution in [0.5, 0.6) is 6.01 Å². The first kappa shape index (κ1) is 13.3. The van der Waals surface area contributed by atoms with Crippen molar-refractivity contribution in [3.8, 4) is 6.01 Å². The van der Waals surface area contributed by atoms with E-state index in [2.05, 4.69) is 21.9 Å². The average Bonchev–Trinajstić information content (AvgIpc) is 2.31. The Balaban J connectivity index is 2.04. The summed E-state index contributed by atoms with van der Waals surface area (Å²) < 4.78 is 5.80. The van der Waals surface area contributed by atoms with E-state index in [1.54, 1.807) is 4.90 Å². The summed E-state index contributed by atoms with van der Waals surface area (Å²) in [4.78, 5) is 14.1. The molecule has 5 nitrogen and oxygen atoms in total. The van der Waals surface area contributed by atoms with Gasteiger partial charge in [0.05, 0.1) is 0 Å². The third-order valence-corrected chi connectivity index (χ3v) is 3.38. The number of nitrogens with zero attached hydrogens (tertiary/aromatic N) is 4. The summed E-state index contributed by atoms with van der Waals surface area (Å²) in [7, 11) is 3.72. The van der Waals surface area contributed by atoms with Crippen molar-refractivity contribution >= 4 is 17.5 Å². The fourth-order valence-electron chi connectivity index (χ4n) is 2.07. The molecule has 0 aromatic carbocycles. The molecule has 0 spiro atoms. The van der Waals surface area contributed by atoms with Crippen molar-refractivity contribution in [2.24, 2.45) is 5.92 Å². The lowest BCUT2D eigenvalue weighted by molar-refractivity contribution is 0.124. The Morgan fingerprint density at radius 2 is 1.78 bits per heavy atom. The summed E-state index contributed by atoms with van der Waals surface area (Å²) in [5.41, 5.74) is 0. The third-order valence-electron chi connectivity index (χ3n) is 3.21. The Morgan fingerprint density at radius 1 is 1.11 bits per heavy atom. The number of rotatable bonds is 3. The molecule has 1 aliphatic rings. The summed E-state index contributed by atoms with van der Waals surface area (Å²) in [6, 6.07) is 0.332. The van der Waals surface area contributed by atoms with Crippen molar-refractivity contribution < 1.29 is 4.74 Å². The highest BCUT2D eigenvalue weighted by molar-refractivity contribution is 6.28. The lowest BCUT2D eigenvalue weighted by atomic mass is 9.89. The Bertz CT molecular complexity index is 405. The molecule has 0 bridgehead atoms. The van der Waals surface area contributed by atoms with Crippen LogP contribution < -0.4 is 9.64 Å². The van der Waals surface area contributed by atoms with Crippen molar-refractivity contribution in [2.45, 2.75) is 38.7 Å². The smallest absolute Gasteiger partial charge is 0.322 e. The molecular formula is C12H19ClN4O. The molecule has 1 heterocycles. The summed E-state index contributed by atoms with van der Waals surface area (Å²) >= 11 is 5.87. The maximum absolute atomic E-state index is 5.87. The van der Waals surface area contributed by atoms with Gasteiger partial charge in [-0.15, -0.1) is 0 Å². The monoisotopic (exact) mass is 270 g/mol. The average molecular weight is 271 g/mol. The number of anilines is 1. The quantitative estimate of drug-likeness (QED) is 0.845. The third kappa shape index (κ3) is 3.45. The van der Waals surface area contributed by atoms with Crippen LogP contribution >= 0.6 is 11.6 Å². The normalized spacial score (nSPS) is 23.8. The van der Waals surface area contributed by atoms with Crippen molar-refractivity contribution in [1.29, 1.82) is 0 Å². The molecule has 1 fully saturated rings. The predicted octanol–water partition coefficient (Wildman–Crippen LogP) is 2.55. The van der Waals surface area contributed by atoms with Gasteiger partial charge in [-0.05, 0) is 43.2 Å². The first-order chi connectivity index (χ1) is 8.54. The zero-order valence-electron chi connectivity index (χ0n) is 11.1. The Kier molecular flexibility index (Phi) is 4.22. The van der Waals surface area contributed by atoms with E-state index in [0.717, 1.165) is 18.8 Å².